The summed E-state index contributed by atoms with van der Waals surface area (Å²) >= 11 is 0. The van der Waals surface area contributed by atoms with Gasteiger partial charge < -0.3 is 9.80 Å². The zero-order chi connectivity index (χ0) is 28.9. The Balaban J connectivity index is 1.47. The topological polar surface area (TPSA) is 61.7 Å². The Morgan fingerprint density at radius 2 is 1.54 bits per heavy atom. The number of aryl methyl sites for hydroxylation is 1. The fraction of sp³-hybridized carbons (Fsp3) is 0.281. The average Bonchev–Trinajstić information content (AvgIpc) is 3.34. The van der Waals surface area contributed by atoms with E-state index in [9.17, 15) is 18.4 Å². The molecule has 0 N–H and O–H groups in total. The van der Waals surface area contributed by atoms with Crippen LogP contribution in [0.25, 0.3) is 11.3 Å². The third kappa shape index (κ3) is 6.69. The molecule has 0 unspecified atom stereocenters. The summed E-state index contributed by atoms with van der Waals surface area (Å²) < 4.78 is 28.6. The Morgan fingerprint density at radius 3 is 2.24 bits per heavy atom. The van der Waals surface area contributed by atoms with Crippen molar-refractivity contribution in [3.8, 4) is 11.3 Å². The number of amides is 2. The van der Waals surface area contributed by atoms with Crippen LogP contribution in [0.5, 0.6) is 0 Å². The lowest BCUT2D eigenvalue weighted by molar-refractivity contribution is -0.116. The van der Waals surface area contributed by atoms with E-state index in [2.05, 4.69) is 10.00 Å². The normalized spacial score (nSPS) is 14.8. The molecule has 0 spiro atoms. The van der Waals surface area contributed by atoms with Crippen molar-refractivity contribution in [1.29, 1.82) is 0 Å². The molecule has 0 atom stereocenters. The first-order chi connectivity index (χ1) is 19.8. The molecule has 1 aromatic heterocycles. The maximum atomic E-state index is 14.0. The molecule has 0 aliphatic carbocycles. The van der Waals surface area contributed by atoms with Crippen molar-refractivity contribution in [3.63, 3.8) is 0 Å². The molecule has 0 bridgehead atoms. The summed E-state index contributed by atoms with van der Waals surface area (Å²) in [6.07, 6.45) is 0.740. The van der Waals surface area contributed by atoms with Crippen LogP contribution in [0.15, 0.2) is 78.9 Å². The lowest BCUT2D eigenvalue weighted by Gasteiger charge is -2.27. The zero-order valence-electron chi connectivity index (χ0n) is 23.3. The Morgan fingerprint density at radius 1 is 0.854 bits per heavy atom. The molecule has 2 amide bonds. The first kappa shape index (κ1) is 28.2. The standard InChI is InChI=1S/C32H33F2N5O2/c1-23(40)39-17-5-16-37(21-24-8-12-27(33)13-9-24)18-19-38(22-26-6-3-4-7-30(26)39)32(41)29-20-31(36(2)35-29)25-10-14-28(34)15-11-25/h3-4,6-15,20H,5,16-19,21-22H2,1-2H3. The fourth-order valence-corrected chi connectivity index (χ4v) is 5.27. The molecular formula is C32H33F2N5O2. The van der Waals surface area contributed by atoms with Crippen LogP contribution in [0.1, 0.15) is 35.0 Å². The molecule has 5 rings (SSSR count). The van der Waals surface area contributed by atoms with Crippen molar-refractivity contribution in [3.05, 3.63) is 107 Å². The summed E-state index contributed by atoms with van der Waals surface area (Å²) in [7, 11) is 1.76. The van der Waals surface area contributed by atoms with Crippen molar-refractivity contribution in [1.82, 2.24) is 19.6 Å². The molecule has 7 nitrogen and oxygen atoms in total. The molecule has 0 saturated heterocycles. The Bertz CT molecular complexity index is 1520. The summed E-state index contributed by atoms with van der Waals surface area (Å²) in [5.74, 6) is -0.917. The van der Waals surface area contributed by atoms with Crippen molar-refractivity contribution in [2.24, 2.45) is 7.05 Å². The van der Waals surface area contributed by atoms with Gasteiger partial charge in [-0.25, -0.2) is 8.78 Å². The van der Waals surface area contributed by atoms with E-state index in [0.717, 1.165) is 28.8 Å². The second-order valence-electron chi connectivity index (χ2n) is 10.3. The van der Waals surface area contributed by atoms with Gasteiger partial charge in [0.2, 0.25) is 5.91 Å². The Hall–Kier alpha value is -4.37. The number of hydrogen-bond acceptors (Lipinski definition) is 4. The number of anilines is 1. The summed E-state index contributed by atoms with van der Waals surface area (Å²) in [6.45, 7) is 4.70. The highest BCUT2D eigenvalue weighted by Crippen LogP contribution is 2.26. The third-order valence-electron chi connectivity index (χ3n) is 7.41. The number of nitrogens with zero attached hydrogens (tertiary/aromatic N) is 5. The quantitative estimate of drug-likeness (QED) is 0.343. The summed E-state index contributed by atoms with van der Waals surface area (Å²) in [4.78, 5) is 32.4. The van der Waals surface area contributed by atoms with Crippen molar-refractivity contribution < 1.29 is 18.4 Å². The minimum absolute atomic E-state index is 0.0617. The first-order valence-electron chi connectivity index (χ1n) is 13.7. The van der Waals surface area contributed by atoms with E-state index in [4.69, 9.17) is 0 Å². The van der Waals surface area contributed by atoms with E-state index in [1.165, 1.54) is 24.3 Å². The number of rotatable bonds is 4. The van der Waals surface area contributed by atoms with E-state index in [0.29, 0.717) is 45.0 Å². The molecule has 2 heterocycles. The number of benzene rings is 3. The number of carbonyl (C=O) groups excluding carboxylic acids is 2. The van der Waals surface area contributed by atoms with Crippen molar-refractivity contribution >= 4 is 17.5 Å². The summed E-state index contributed by atoms with van der Waals surface area (Å²) in [5.41, 5.74) is 4.38. The lowest BCUT2D eigenvalue weighted by atomic mass is 10.1. The van der Waals surface area contributed by atoms with Crippen LogP contribution in [0.3, 0.4) is 0 Å². The molecule has 0 radical (unpaired) electrons. The van der Waals surface area contributed by atoms with Gasteiger partial charge in [0.15, 0.2) is 5.69 Å². The summed E-state index contributed by atoms with van der Waals surface area (Å²) in [6, 6.07) is 21.9. The van der Waals surface area contributed by atoms with Gasteiger partial charge in [-0.05, 0) is 71.6 Å². The molecule has 4 aromatic rings. The molecule has 9 heteroatoms. The Kier molecular flexibility index (Phi) is 8.54. The van der Waals surface area contributed by atoms with Crippen LogP contribution in [-0.2, 0) is 24.9 Å². The van der Waals surface area contributed by atoms with Crippen LogP contribution in [0.4, 0.5) is 14.5 Å². The van der Waals surface area contributed by atoms with Gasteiger partial charge >= 0.3 is 0 Å². The Labute approximate surface area is 238 Å². The second kappa shape index (κ2) is 12.4. The molecule has 212 valence electrons. The van der Waals surface area contributed by atoms with E-state index in [1.54, 1.807) is 58.8 Å². The number of fused-ring (bicyclic) bond motifs is 1. The molecular weight excluding hydrogens is 524 g/mol. The first-order valence-corrected chi connectivity index (χ1v) is 13.7. The molecule has 0 saturated carbocycles. The van der Waals surface area contributed by atoms with Crippen LogP contribution in [-0.4, -0.2) is 57.6 Å². The van der Waals surface area contributed by atoms with Crippen molar-refractivity contribution in [2.75, 3.05) is 31.1 Å². The molecule has 3 aromatic carbocycles. The van der Waals surface area contributed by atoms with Gasteiger partial charge in [-0.15, -0.1) is 0 Å². The van der Waals surface area contributed by atoms with Gasteiger partial charge in [0.1, 0.15) is 11.6 Å². The van der Waals surface area contributed by atoms with Gasteiger partial charge in [0, 0.05) is 58.9 Å². The van der Waals surface area contributed by atoms with E-state index < -0.39 is 0 Å². The summed E-state index contributed by atoms with van der Waals surface area (Å²) in [5, 5.41) is 4.51. The van der Waals surface area contributed by atoms with E-state index in [-0.39, 0.29) is 29.1 Å². The number of carbonyl (C=O) groups is 2. The highest BCUT2D eigenvalue weighted by molar-refractivity contribution is 5.94. The SMILES string of the molecule is CC(=O)N1CCCN(Cc2ccc(F)cc2)CCN(C(=O)c2cc(-c3ccc(F)cc3)n(C)n2)Cc2ccccc21. The number of para-hydroxylation sites is 1. The number of hydrogen-bond donors (Lipinski definition) is 0. The van der Waals surface area contributed by atoms with E-state index in [1.807, 2.05) is 24.3 Å². The number of aromatic nitrogens is 2. The van der Waals surface area contributed by atoms with Crippen molar-refractivity contribution in [2.45, 2.75) is 26.4 Å². The van der Waals surface area contributed by atoms with Crippen LogP contribution >= 0.6 is 0 Å². The molecule has 1 aliphatic rings. The fourth-order valence-electron chi connectivity index (χ4n) is 5.27. The largest absolute Gasteiger partial charge is 0.332 e. The zero-order valence-corrected chi connectivity index (χ0v) is 23.3. The van der Waals surface area contributed by atoms with Gasteiger partial charge in [0.25, 0.3) is 5.91 Å². The predicted octanol–water partition coefficient (Wildman–Crippen LogP) is 5.27. The van der Waals surface area contributed by atoms with Gasteiger partial charge in [0.05, 0.1) is 5.69 Å². The van der Waals surface area contributed by atoms with E-state index >= 15 is 0 Å². The van der Waals surface area contributed by atoms with Gasteiger partial charge in [-0.2, -0.15) is 5.10 Å². The molecule has 1 aliphatic heterocycles. The lowest BCUT2D eigenvalue weighted by Crippen LogP contribution is -2.38. The average molecular weight is 558 g/mol. The molecule has 0 fully saturated rings. The molecule has 41 heavy (non-hydrogen) atoms. The van der Waals surface area contributed by atoms with Gasteiger partial charge in [-0.1, -0.05) is 30.3 Å². The number of halogens is 2. The highest BCUT2D eigenvalue weighted by atomic mass is 19.1. The predicted molar refractivity (Wildman–Crippen MR) is 154 cm³/mol. The highest BCUT2D eigenvalue weighted by Gasteiger charge is 2.25. The van der Waals surface area contributed by atoms with Crippen LogP contribution in [0.2, 0.25) is 0 Å². The maximum Gasteiger partial charge on any atom is 0.274 e. The second-order valence-corrected chi connectivity index (χ2v) is 10.3. The minimum atomic E-state index is -0.334. The maximum absolute atomic E-state index is 14.0. The van der Waals surface area contributed by atoms with Crippen LogP contribution < -0.4 is 4.90 Å². The smallest absolute Gasteiger partial charge is 0.274 e. The minimum Gasteiger partial charge on any atom is -0.332 e. The van der Waals surface area contributed by atoms with Gasteiger partial charge in [-0.3, -0.25) is 19.2 Å². The third-order valence-corrected chi connectivity index (χ3v) is 7.41. The monoisotopic (exact) mass is 557 g/mol. The van der Waals surface area contributed by atoms with Crippen LogP contribution in [0, 0.1) is 11.6 Å².